The minimum atomic E-state index is -0.272. The summed E-state index contributed by atoms with van der Waals surface area (Å²) >= 11 is 1.46. The second-order valence-corrected chi connectivity index (χ2v) is 10.4. The number of piperazine rings is 1. The number of hydrogen-bond acceptors (Lipinski definition) is 9. The number of aromatic nitrogens is 4. The molecule has 5 aromatic rings. The molecule has 11 heteroatoms. The summed E-state index contributed by atoms with van der Waals surface area (Å²) in [6.07, 6.45) is 3.43. The minimum absolute atomic E-state index is 0.212. The highest BCUT2D eigenvalue weighted by Gasteiger charge is 2.29. The third-order valence-corrected chi connectivity index (χ3v) is 8.37. The summed E-state index contributed by atoms with van der Waals surface area (Å²) in [4.78, 5) is 48.1. The van der Waals surface area contributed by atoms with Crippen LogP contribution >= 0.6 is 11.3 Å². The van der Waals surface area contributed by atoms with Crippen LogP contribution in [-0.2, 0) is 4.74 Å². The molecular formula is C27H25N7O3S. The van der Waals surface area contributed by atoms with Crippen molar-refractivity contribution in [2.45, 2.75) is 0 Å². The number of morpholine rings is 1. The van der Waals surface area contributed by atoms with Gasteiger partial charge in [-0.25, -0.2) is 15.0 Å². The highest BCUT2D eigenvalue weighted by molar-refractivity contribution is 7.24. The molecule has 0 N–H and O–H groups in total. The maximum absolute atomic E-state index is 13.9. The number of hydrogen-bond donors (Lipinski definition) is 0. The van der Waals surface area contributed by atoms with Gasteiger partial charge in [0.25, 0.3) is 5.91 Å². The highest BCUT2D eigenvalue weighted by Crippen LogP contribution is 2.32. The van der Waals surface area contributed by atoms with Crippen LogP contribution in [0.2, 0.25) is 0 Å². The zero-order valence-corrected chi connectivity index (χ0v) is 21.4. The van der Waals surface area contributed by atoms with E-state index in [1.807, 2.05) is 40.8 Å². The van der Waals surface area contributed by atoms with Crippen LogP contribution in [0.25, 0.3) is 26.1 Å². The lowest BCUT2D eigenvalue weighted by Crippen LogP contribution is -2.50. The molecule has 0 atom stereocenters. The number of amides is 1. The largest absolute Gasteiger partial charge is 0.378 e. The summed E-state index contributed by atoms with van der Waals surface area (Å²) in [5, 5.41) is 0.447. The molecule has 1 amide bonds. The van der Waals surface area contributed by atoms with Crippen LogP contribution in [0.15, 0.2) is 59.7 Å². The van der Waals surface area contributed by atoms with Gasteiger partial charge in [0.15, 0.2) is 5.65 Å². The van der Waals surface area contributed by atoms with E-state index in [0.717, 1.165) is 29.1 Å². The maximum Gasteiger partial charge on any atom is 0.260 e. The van der Waals surface area contributed by atoms with Gasteiger partial charge < -0.3 is 19.4 Å². The van der Waals surface area contributed by atoms with Gasteiger partial charge >= 0.3 is 0 Å². The smallest absolute Gasteiger partial charge is 0.260 e. The first-order chi connectivity index (χ1) is 18.7. The Hall–Kier alpha value is -4.09. The lowest BCUT2D eigenvalue weighted by molar-refractivity contribution is 0.0747. The van der Waals surface area contributed by atoms with Crippen LogP contribution in [0.1, 0.15) is 10.4 Å². The number of thiazole rings is 1. The molecule has 4 aromatic heterocycles. The Bertz CT molecular complexity index is 1720. The SMILES string of the molecule is O=C(c1c(=O)c2ccc(N3CCOCC3)nc2n2c1sc1ccccc12)N1CCN(c2ncccn2)CC1. The standard InChI is InChI=1S/C27H25N7O3S/c35-23-18-6-7-21(31-14-16-37-17-15-31)30-24(18)34-19-4-1-2-5-20(19)38-26(34)22(23)25(36)32-10-12-33(13-11-32)27-28-8-3-9-29-27/h1-9H,10-17H2. The number of para-hydroxylation sites is 1. The van der Waals surface area contributed by atoms with Gasteiger partial charge in [0.05, 0.1) is 28.8 Å². The first kappa shape index (κ1) is 23.1. The number of benzene rings is 1. The van der Waals surface area contributed by atoms with E-state index in [2.05, 4.69) is 19.8 Å². The van der Waals surface area contributed by atoms with Crippen LogP contribution in [0.3, 0.4) is 0 Å². The van der Waals surface area contributed by atoms with Gasteiger partial charge in [0, 0.05) is 51.7 Å². The topological polar surface area (TPSA) is 96.2 Å². The quantitative estimate of drug-likeness (QED) is 0.353. The van der Waals surface area contributed by atoms with Crippen LogP contribution in [0, 0.1) is 0 Å². The van der Waals surface area contributed by atoms with Crippen molar-refractivity contribution in [3.05, 3.63) is 70.6 Å². The average Bonchev–Trinajstić information content (AvgIpc) is 3.37. The summed E-state index contributed by atoms with van der Waals surface area (Å²) in [6, 6.07) is 13.4. The number of carbonyl (C=O) groups excluding carboxylic acids is 1. The summed E-state index contributed by atoms with van der Waals surface area (Å²) in [5.74, 6) is 1.22. The van der Waals surface area contributed by atoms with E-state index < -0.39 is 0 Å². The van der Waals surface area contributed by atoms with Gasteiger partial charge in [-0.2, -0.15) is 0 Å². The Kier molecular flexibility index (Phi) is 5.67. The number of carbonyl (C=O) groups is 1. The molecular weight excluding hydrogens is 502 g/mol. The van der Waals surface area contributed by atoms with Crippen molar-refractivity contribution in [3.63, 3.8) is 0 Å². The molecule has 2 saturated heterocycles. The number of pyridine rings is 2. The van der Waals surface area contributed by atoms with Gasteiger partial charge in [0.2, 0.25) is 11.4 Å². The fourth-order valence-corrected chi connectivity index (χ4v) is 6.43. The van der Waals surface area contributed by atoms with Crippen molar-refractivity contribution >= 4 is 55.1 Å². The predicted molar refractivity (Wildman–Crippen MR) is 148 cm³/mol. The zero-order valence-electron chi connectivity index (χ0n) is 20.6. The molecule has 0 radical (unpaired) electrons. The second kappa shape index (κ2) is 9.34. The Labute approximate surface area is 221 Å². The van der Waals surface area contributed by atoms with Gasteiger partial charge in [-0.3, -0.25) is 14.0 Å². The fourth-order valence-electron chi connectivity index (χ4n) is 5.26. The van der Waals surface area contributed by atoms with E-state index in [0.29, 0.717) is 61.2 Å². The summed E-state index contributed by atoms with van der Waals surface area (Å²) in [6.45, 7) is 4.96. The van der Waals surface area contributed by atoms with Crippen molar-refractivity contribution in [3.8, 4) is 0 Å². The van der Waals surface area contributed by atoms with E-state index in [4.69, 9.17) is 9.72 Å². The van der Waals surface area contributed by atoms with Crippen molar-refractivity contribution < 1.29 is 9.53 Å². The Morgan fingerprint density at radius 2 is 1.63 bits per heavy atom. The maximum atomic E-state index is 13.9. The van der Waals surface area contributed by atoms with Gasteiger partial charge in [0.1, 0.15) is 16.2 Å². The summed E-state index contributed by atoms with van der Waals surface area (Å²) in [5.41, 5.74) is 1.45. The molecule has 6 heterocycles. The van der Waals surface area contributed by atoms with Crippen LogP contribution < -0.4 is 15.2 Å². The number of rotatable bonds is 3. The van der Waals surface area contributed by atoms with E-state index in [9.17, 15) is 9.59 Å². The summed E-state index contributed by atoms with van der Waals surface area (Å²) in [7, 11) is 0. The predicted octanol–water partition coefficient (Wildman–Crippen LogP) is 2.65. The van der Waals surface area contributed by atoms with Gasteiger partial charge in [-0.1, -0.05) is 12.1 Å². The van der Waals surface area contributed by atoms with Crippen molar-refractivity contribution in [2.24, 2.45) is 0 Å². The van der Waals surface area contributed by atoms with Gasteiger partial charge in [-0.15, -0.1) is 11.3 Å². The molecule has 0 spiro atoms. The molecule has 1 aromatic carbocycles. The minimum Gasteiger partial charge on any atom is -0.378 e. The Morgan fingerprint density at radius 1 is 0.868 bits per heavy atom. The monoisotopic (exact) mass is 527 g/mol. The highest BCUT2D eigenvalue weighted by atomic mass is 32.1. The fraction of sp³-hybridized carbons (Fsp3) is 0.296. The molecule has 192 valence electrons. The first-order valence-corrected chi connectivity index (χ1v) is 13.5. The van der Waals surface area contributed by atoms with Crippen LogP contribution in [0.5, 0.6) is 0 Å². The number of anilines is 2. The van der Waals surface area contributed by atoms with Gasteiger partial charge in [-0.05, 0) is 30.3 Å². The Balaban J connectivity index is 1.33. The van der Waals surface area contributed by atoms with E-state index in [1.165, 1.54) is 11.3 Å². The lowest BCUT2D eigenvalue weighted by atomic mass is 10.1. The lowest BCUT2D eigenvalue weighted by Gasteiger charge is -2.34. The molecule has 10 nitrogen and oxygen atoms in total. The molecule has 0 unspecified atom stereocenters. The second-order valence-electron chi connectivity index (χ2n) is 9.38. The molecule has 38 heavy (non-hydrogen) atoms. The zero-order chi connectivity index (χ0) is 25.6. The number of fused-ring (bicyclic) bond motifs is 5. The number of ether oxygens (including phenoxy) is 1. The number of nitrogens with zero attached hydrogens (tertiary/aromatic N) is 7. The molecule has 2 aliphatic rings. The molecule has 0 saturated carbocycles. The van der Waals surface area contributed by atoms with Crippen molar-refractivity contribution in [1.29, 1.82) is 0 Å². The van der Waals surface area contributed by atoms with E-state index >= 15 is 0 Å². The molecule has 0 aliphatic carbocycles. The average molecular weight is 528 g/mol. The van der Waals surface area contributed by atoms with Crippen LogP contribution in [0.4, 0.5) is 11.8 Å². The molecule has 7 rings (SSSR count). The van der Waals surface area contributed by atoms with E-state index in [-0.39, 0.29) is 16.9 Å². The van der Waals surface area contributed by atoms with Crippen molar-refractivity contribution in [1.82, 2.24) is 24.3 Å². The van der Waals surface area contributed by atoms with Crippen molar-refractivity contribution in [2.75, 3.05) is 62.3 Å². The molecule has 2 aliphatic heterocycles. The molecule has 0 bridgehead atoms. The van der Waals surface area contributed by atoms with Crippen LogP contribution in [-0.4, -0.2) is 82.6 Å². The molecule has 2 fully saturated rings. The van der Waals surface area contributed by atoms with E-state index in [1.54, 1.807) is 23.4 Å². The first-order valence-electron chi connectivity index (χ1n) is 12.7. The summed E-state index contributed by atoms with van der Waals surface area (Å²) < 4.78 is 8.49. The third-order valence-electron chi connectivity index (χ3n) is 7.22. The Morgan fingerprint density at radius 3 is 2.42 bits per heavy atom. The normalized spacial score (nSPS) is 16.6. The third kappa shape index (κ3) is 3.77.